The molecule has 0 aromatic carbocycles. The molecule has 0 saturated heterocycles. The van der Waals surface area contributed by atoms with Crippen molar-refractivity contribution in [3.63, 3.8) is 0 Å². The molecule has 0 rings (SSSR count). The smallest absolute Gasteiger partial charge is 0.306 e. The van der Waals surface area contributed by atoms with Crippen LogP contribution in [0.15, 0.2) is 146 Å². The van der Waals surface area contributed by atoms with Gasteiger partial charge in [-0.25, -0.2) is 0 Å². The zero-order valence-corrected chi connectivity index (χ0v) is 49.7. The minimum absolute atomic E-state index is 0.111. The second kappa shape index (κ2) is 63.8. The van der Waals surface area contributed by atoms with Crippen molar-refractivity contribution in [2.45, 2.75) is 271 Å². The lowest BCUT2D eigenvalue weighted by atomic mass is 10.1. The second-order valence-electron chi connectivity index (χ2n) is 20.2. The fourth-order valence-corrected chi connectivity index (χ4v) is 8.18. The molecule has 0 aliphatic carbocycles. The average Bonchev–Trinajstić information content (AvgIpc) is 3.43. The van der Waals surface area contributed by atoms with E-state index in [1.54, 1.807) is 0 Å². The molecule has 0 spiro atoms. The SMILES string of the molecule is CC/C=C\C/C=C\C/C=C\C/C=C\C/C=C\CCCC(=O)OCC(COC(=O)CCCCCCCCCC/C=C\C/C=C\C/C=C\CCCCCCC)OC(=O)CCCCCCCC/C=C\C/C=C\C/C=C\C/C=C\CC. The van der Waals surface area contributed by atoms with E-state index in [-0.39, 0.29) is 37.5 Å². The van der Waals surface area contributed by atoms with E-state index in [1.807, 2.05) is 0 Å². The summed E-state index contributed by atoms with van der Waals surface area (Å²) in [6, 6.07) is 0. The topological polar surface area (TPSA) is 78.9 Å². The van der Waals surface area contributed by atoms with Gasteiger partial charge in [0.2, 0.25) is 0 Å². The highest BCUT2D eigenvalue weighted by Gasteiger charge is 2.19. The normalized spacial score (nSPS) is 13.1. The first-order chi connectivity index (χ1) is 38.0. The van der Waals surface area contributed by atoms with Crippen LogP contribution in [0.1, 0.15) is 265 Å². The molecule has 0 aromatic rings. The van der Waals surface area contributed by atoms with Gasteiger partial charge in [-0.1, -0.05) is 256 Å². The molecule has 0 bridgehead atoms. The van der Waals surface area contributed by atoms with Crippen LogP contribution in [-0.4, -0.2) is 37.2 Å². The van der Waals surface area contributed by atoms with Crippen molar-refractivity contribution < 1.29 is 28.6 Å². The minimum atomic E-state index is -0.820. The molecule has 0 aromatic heterocycles. The van der Waals surface area contributed by atoms with Crippen LogP contribution in [0.4, 0.5) is 0 Å². The number of carbonyl (C=O) groups excluding carboxylic acids is 3. The van der Waals surface area contributed by atoms with E-state index >= 15 is 0 Å². The van der Waals surface area contributed by atoms with Gasteiger partial charge < -0.3 is 14.2 Å². The summed E-state index contributed by atoms with van der Waals surface area (Å²) in [5, 5.41) is 0. The summed E-state index contributed by atoms with van der Waals surface area (Å²) in [6.45, 7) is 6.34. The fourth-order valence-electron chi connectivity index (χ4n) is 8.18. The van der Waals surface area contributed by atoms with Crippen molar-refractivity contribution in [2.75, 3.05) is 13.2 Å². The molecule has 1 atom stereocenters. The lowest BCUT2D eigenvalue weighted by Crippen LogP contribution is -2.30. The van der Waals surface area contributed by atoms with E-state index in [2.05, 4.69) is 167 Å². The van der Waals surface area contributed by atoms with Crippen molar-refractivity contribution in [3.05, 3.63) is 146 Å². The number of allylic oxidation sites excluding steroid dienone is 24. The van der Waals surface area contributed by atoms with Crippen molar-refractivity contribution >= 4 is 17.9 Å². The van der Waals surface area contributed by atoms with Gasteiger partial charge in [0.15, 0.2) is 6.10 Å². The van der Waals surface area contributed by atoms with Crippen LogP contribution < -0.4 is 0 Å². The van der Waals surface area contributed by atoms with Crippen molar-refractivity contribution in [2.24, 2.45) is 0 Å². The molecule has 0 amide bonds. The summed E-state index contributed by atoms with van der Waals surface area (Å²) >= 11 is 0. The van der Waals surface area contributed by atoms with Crippen LogP contribution in [0.3, 0.4) is 0 Å². The second-order valence-corrected chi connectivity index (χ2v) is 20.2. The summed E-state index contributed by atoms with van der Waals surface area (Å²) in [5.41, 5.74) is 0. The molecule has 1 unspecified atom stereocenters. The first-order valence-corrected chi connectivity index (χ1v) is 31.3. The summed E-state index contributed by atoms with van der Waals surface area (Å²) in [7, 11) is 0. The van der Waals surface area contributed by atoms with Crippen molar-refractivity contribution in [3.8, 4) is 0 Å². The van der Waals surface area contributed by atoms with E-state index in [9.17, 15) is 14.4 Å². The largest absolute Gasteiger partial charge is 0.462 e. The summed E-state index contributed by atoms with van der Waals surface area (Å²) in [5.74, 6) is -0.994. The Bertz CT molecular complexity index is 1700. The number of unbranched alkanes of at least 4 members (excludes halogenated alkanes) is 20. The third-order valence-electron chi connectivity index (χ3n) is 12.8. The molecule has 77 heavy (non-hydrogen) atoms. The number of carbonyl (C=O) groups is 3. The highest BCUT2D eigenvalue weighted by molar-refractivity contribution is 5.71. The maximum atomic E-state index is 12.9. The molecule has 0 N–H and O–H groups in total. The van der Waals surface area contributed by atoms with Crippen LogP contribution in [0, 0.1) is 0 Å². The summed E-state index contributed by atoms with van der Waals surface area (Å²) in [4.78, 5) is 38.3. The molecule has 6 heteroatoms. The Hall–Kier alpha value is -4.71. The highest BCUT2D eigenvalue weighted by Crippen LogP contribution is 2.14. The van der Waals surface area contributed by atoms with Gasteiger partial charge in [0.25, 0.3) is 0 Å². The number of rotatable bonds is 55. The molecule has 0 aliphatic heterocycles. The Balaban J connectivity index is 4.51. The van der Waals surface area contributed by atoms with Crippen molar-refractivity contribution in [1.82, 2.24) is 0 Å². The number of ether oxygens (including phenoxy) is 3. The first-order valence-electron chi connectivity index (χ1n) is 31.3. The van der Waals surface area contributed by atoms with Gasteiger partial charge >= 0.3 is 17.9 Å². The van der Waals surface area contributed by atoms with Crippen LogP contribution in [0.2, 0.25) is 0 Å². The van der Waals surface area contributed by atoms with E-state index in [1.165, 1.54) is 83.5 Å². The van der Waals surface area contributed by atoms with E-state index < -0.39 is 6.10 Å². The van der Waals surface area contributed by atoms with E-state index in [0.29, 0.717) is 19.3 Å². The molecular weight excluding hydrogens is 949 g/mol. The molecule has 0 saturated carbocycles. The zero-order valence-electron chi connectivity index (χ0n) is 49.7. The van der Waals surface area contributed by atoms with Crippen LogP contribution >= 0.6 is 0 Å². The van der Waals surface area contributed by atoms with Crippen molar-refractivity contribution in [1.29, 1.82) is 0 Å². The van der Waals surface area contributed by atoms with Gasteiger partial charge in [0, 0.05) is 19.3 Å². The van der Waals surface area contributed by atoms with Gasteiger partial charge in [-0.3, -0.25) is 14.4 Å². The Labute approximate surface area is 474 Å². The first kappa shape index (κ1) is 72.3. The molecule has 0 radical (unpaired) electrons. The predicted molar refractivity (Wildman–Crippen MR) is 334 cm³/mol. The minimum Gasteiger partial charge on any atom is -0.462 e. The maximum absolute atomic E-state index is 12.9. The molecule has 6 nitrogen and oxygen atoms in total. The number of esters is 3. The van der Waals surface area contributed by atoms with Crippen LogP contribution in [0.5, 0.6) is 0 Å². The Morgan fingerprint density at radius 1 is 0.273 bits per heavy atom. The molecule has 0 fully saturated rings. The van der Waals surface area contributed by atoms with Gasteiger partial charge in [0.05, 0.1) is 0 Å². The molecular formula is C71H114O6. The van der Waals surface area contributed by atoms with Gasteiger partial charge in [-0.2, -0.15) is 0 Å². The van der Waals surface area contributed by atoms with Crippen LogP contribution in [-0.2, 0) is 28.6 Å². The molecule has 0 aliphatic rings. The zero-order chi connectivity index (χ0) is 55.7. The highest BCUT2D eigenvalue weighted by atomic mass is 16.6. The number of hydrogen-bond acceptors (Lipinski definition) is 6. The summed E-state index contributed by atoms with van der Waals surface area (Å²) < 4.78 is 16.9. The quantitative estimate of drug-likeness (QED) is 0.0261. The third-order valence-corrected chi connectivity index (χ3v) is 12.8. The van der Waals surface area contributed by atoms with Gasteiger partial charge in [0.1, 0.15) is 13.2 Å². The third kappa shape index (κ3) is 62.0. The molecule has 434 valence electrons. The Kier molecular flexibility index (Phi) is 59.9. The van der Waals surface area contributed by atoms with E-state index in [4.69, 9.17) is 14.2 Å². The standard InChI is InChI=1S/C71H114O6/c1-4-7-10-13-16-19-22-25-28-31-33-34-35-36-38-40-43-46-49-52-55-58-61-64-70(73)76-67-68(66-75-69(72)63-60-57-54-51-48-45-42-39-30-27-24-21-18-15-12-9-6-3)77-71(74)65-62-59-56-53-50-47-44-41-37-32-29-26-23-20-17-14-11-8-5-2/h8-9,11-12,17-18,20-22,25-27,29-31,33,35-37,41-42,45,51,54,68H,4-7,10,13-16,19,23-24,28,32,34,38-40,43-44,46-50,52-53,55-67H2,1-3H3/b11-8-,12-9-,20-17-,21-18-,25-22-,29-26-,30-27-,33-31-,36-35-,41-37-,45-42-,54-51-. The average molecular weight is 1060 g/mol. The lowest BCUT2D eigenvalue weighted by molar-refractivity contribution is -0.167. The van der Waals surface area contributed by atoms with Gasteiger partial charge in [-0.15, -0.1) is 0 Å². The fraction of sp³-hybridized carbons (Fsp3) is 0.620. The maximum Gasteiger partial charge on any atom is 0.306 e. The monoisotopic (exact) mass is 1060 g/mol. The Morgan fingerprint density at radius 2 is 0.519 bits per heavy atom. The van der Waals surface area contributed by atoms with Gasteiger partial charge in [-0.05, 0) is 135 Å². The lowest BCUT2D eigenvalue weighted by Gasteiger charge is -2.18. The van der Waals surface area contributed by atoms with E-state index in [0.717, 1.165) is 135 Å². The van der Waals surface area contributed by atoms with Crippen LogP contribution in [0.25, 0.3) is 0 Å². The number of hydrogen-bond donors (Lipinski definition) is 0. The predicted octanol–water partition coefficient (Wildman–Crippen LogP) is 21.5. The molecule has 0 heterocycles. The summed E-state index contributed by atoms with van der Waals surface area (Å²) in [6.07, 6.45) is 91.3. The Morgan fingerprint density at radius 3 is 0.844 bits per heavy atom.